The van der Waals surface area contributed by atoms with E-state index in [1.54, 1.807) is 26.4 Å². The molecule has 1 heterocycles. The number of benzene rings is 3. The van der Waals surface area contributed by atoms with Crippen LogP contribution in [0.2, 0.25) is 0 Å². The van der Waals surface area contributed by atoms with E-state index in [0.29, 0.717) is 17.1 Å². The molecule has 27 heavy (non-hydrogen) atoms. The second-order valence-electron chi connectivity index (χ2n) is 6.09. The van der Waals surface area contributed by atoms with Crippen LogP contribution in [0.15, 0.2) is 78.6 Å². The summed E-state index contributed by atoms with van der Waals surface area (Å²) in [7, 11) is 3.25. The number of ketones is 1. The van der Waals surface area contributed by atoms with Crippen molar-refractivity contribution in [3.8, 4) is 17.2 Å². The molecule has 0 saturated heterocycles. The average molecular weight is 358 g/mol. The van der Waals surface area contributed by atoms with E-state index in [9.17, 15) is 4.79 Å². The third-order valence-corrected chi connectivity index (χ3v) is 4.53. The van der Waals surface area contributed by atoms with Gasteiger partial charge in [-0.2, -0.15) is 0 Å². The van der Waals surface area contributed by atoms with E-state index >= 15 is 0 Å². The van der Waals surface area contributed by atoms with Crippen molar-refractivity contribution in [2.45, 2.75) is 0 Å². The second kappa shape index (κ2) is 7.00. The quantitative estimate of drug-likeness (QED) is 0.632. The SMILES string of the molecule is COc1ccc(C(=C2Oc3ccccc3C2=O)c2ccc(OC)cc2)cc1. The van der Waals surface area contributed by atoms with Crippen LogP contribution in [0.4, 0.5) is 0 Å². The first-order chi connectivity index (χ1) is 13.2. The minimum absolute atomic E-state index is 0.118. The monoisotopic (exact) mass is 358 g/mol. The molecule has 0 saturated carbocycles. The van der Waals surface area contributed by atoms with Crippen molar-refractivity contribution in [1.82, 2.24) is 0 Å². The van der Waals surface area contributed by atoms with Crippen molar-refractivity contribution < 1.29 is 19.0 Å². The highest BCUT2D eigenvalue weighted by molar-refractivity contribution is 6.17. The average Bonchev–Trinajstić information content (AvgIpc) is 3.06. The van der Waals surface area contributed by atoms with Gasteiger partial charge < -0.3 is 14.2 Å². The number of carbonyl (C=O) groups excluding carboxylic acids is 1. The number of carbonyl (C=O) groups is 1. The summed E-state index contributed by atoms with van der Waals surface area (Å²) in [6.45, 7) is 0. The van der Waals surface area contributed by atoms with Gasteiger partial charge in [0.05, 0.1) is 19.8 Å². The molecule has 4 rings (SSSR count). The molecule has 4 heteroatoms. The summed E-state index contributed by atoms with van der Waals surface area (Å²) in [6.07, 6.45) is 0. The Balaban J connectivity index is 1.89. The van der Waals surface area contributed by atoms with E-state index in [4.69, 9.17) is 14.2 Å². The van der Waals surface area contributed by atoms with Crippen molar-refractivity contribution in [3.63, 3.8) is 0 Å². The van der Waals surface area contributed by atoms with Gasteiger partial charge in [-0.1, -0.05) is 36.4 Å². The molecule has 3 aromatic rings. The molecule has 0 fully saturated rings. The van der Waals surface area contributed by atoms with E-state index in [0.717, 1.165) is 28.2 Å². The van der Waals surface area contributed by atoms with Crippen LogP contribution in [0.5, 0.6) is 17.2 Å². The fraction of sp³-hybridized carbons (Fsp3) is 0.0870. The summed E-state index contributed by atoms with van der Waals surface area (Å²) >= 11 is 0. The summed E-state index contributed by atoms with van der Waals surface area (Å²) in [4.78, 5) is 13.0. The van der Waals surface area contributed by atoms with Gasteiger partial charge in [0.2, 0.25) is 5.78 Å². The van der Waals surface area contributed by atoms with Crippen molar-refractivity contribution in [2.75, 3.05) is 14.2 Å². The first-order valence-corrected chi connectivity index (χ1v) is 8.56. The van der Waals surface area contributed by atoms with E-state index in [1.807, 2.05) is 60.7 Å². The lowest BCUT2D eigenvalue weighted by Crippen LogP contribution is -2.05. The Hall–Kier alpha value is -3.53. The van der Waals surface area contributed by atoms with Gasteiger partial charge >= 0.3 is 0 Å². The molecule has 0 N–H and O–H groups in total. The Morgan fingerprint density at radius 2 is 1.26 bits per heavy atom. The molecule has 0 atom stereocenters. The zero-order chi connectivity index (χ0) is 18.8. The minimum Gasteiger partial charge on any atom is -0.497 e. The van der Waals surface area contributed by atoms with Crippen LogP contribution >= 0.6 is 0 Å². The molecule has 0 unspecified atom stereocenters. The number of rotatable bonds is 4. The van der Waals surface area contributed by atoms with Gasteiger partial charge in [-0.05, 0) is 47.5 Å². The smallest absolute Gasteiger partial charge is 0.232 e. The predicted molar refractivity (Wildman–Crippen MR) is 103 cm³/mol. The summed E-state index contributed by atoms with van der Waals surface area (Å²) in [5.74, 6) is 2.29. The number of allylic oxidation sites excluding steroid dienone is 1. The lowest BCUT2D eigenvalue weighted by atomic mass is 9.94. The predicted octanol–water partition coefficient (Wildman–Crippen LogP) is 4.74. The van der Waals surface area contributed by atoms with E-state index in [-0.39, 0.29) is 5.78 Å². The van der Waals surface area contributed by atoms with Crippen LogP contribution in [0.25, 0.3) is 5.57 Å². The van der Waals surface area contributed by atoms with Crippen LogP contribution in [0, 0.1) is 0 Å². The molecule has 0 aromatic heterocycles. The summed E-state index contributed by atoms with van der Waals surface area (Å²) in [5, 5.41) is 0. The summed E-state index contributed by atoms with van der Waals surface area (Å²) < 4.78 is 16.5. The first kappa shape index (κ1) is 16.9. The Morgan fingerprint density at radius 3 is 1.74 bits per heavy atom. The Bertz CT molecular complexity index is 966. The lowest BCUT2D eigenvalue weighted by molar-refractivity contribution is 0.101. The van der Waals surface area contributed by atoms with Crippen LogP contribution in [0.1, 0.15) is 21.5 Å². The molecule has 4 nitrogen and oxygen atoms in total. The molecular weight excluding hydrogens is 340 g/mol. The van der Waals surface area contributed by atoms with E-state index < -0.39 is 0 Å². The highest BCUT2D eigenvalue weighted by Crippen LogP contribution is 2.38. The normalized spacial score (nSPS) is 12.4. The zero-order valence-electron chi connectivity index (χ0n) is 15.1. The van der Waals surface area contributed by atoms with Crippen molar-refractivity contribution >= 4 is 11.4 Å². The molecule has 1 aliphatic heterocycles. The molecule has 134 valence electrons. The Morgan fingerprint density at radius 1 is 0.741 bits per heavy atom. The van der Waals surface area contributed by atoms with Gasteiger partial charge in [0, 0.05) is 5.57 Å². The molecule has 0 spiro atoms. The molecule has 0 amide bonds. The van der Waals surface area contributed by atoms with Crippen molar-refractivity contribution in [3.05, 3.63) is 95.2 Å². The zero-order valence-corrected chi connectivity index (χ0v) is 15.1. The minimum atomic E-state index is -0.118. The number of Topliss-reactive ketones (excluding diaryl/α,β-unsaturated/α-hetero) is 1. The van der Waals surface area contributed by atoms with Crippen molar-refractivity contribution in [2.24, 2.45) is 0 Å². The fourth-order valence-electron chi connectivity index (χ4n) is 3.13. The molecule has 0 radical (unpaired) electrons. The number of ether oxygens (including phenoxy) is 3. The van der Waals surface area contributed by atoms with Gasteiger partial charge in [-0.25, -0.2) is 0 Å². The van der Waals surface area contributed by atoms with Gasteiger partial charge in [0.25, 0.3) is 0 Å². The number of para-hydroxylation sites is 1. The summed E-state index contributed by atoms with van der Waals surface area (Å²) in [6, 6.07) is 22.4. The maximum absolute atomic E-state index is 13.0. The third kappa shape index (κ3) is 3.06. The molecule has 0 aliphatic carbocycles. The van der Waals surface area contributed by atoms with Crippen LogP contribution in [0.3, 0.4) is 0 Å². The fourth-order valence-corrected chi connectivity index (χ4v) is 3.13. The van der Waals surface area contributed by atoms with Gasteiger partial charge in [0.15, 0.2) is 5.76 Å². The standard InChI is InChI=1S/C23H18O4/c1-25-17-11-7-15(8-12-17)21(16-9-13-18(26-2)14-10-16)23-22(24)19-5-3-4-6-20(19)27-23/h3-14H,1-2H3. The molecule has 1 aliphatic rings. The topological polar surface area (TPSA) is 44.8 Å². The number of hydrogen-bond acceptors (Lipinski definition) is 4. The Labute approximate surface area is 157 Å². The van der Waals surface area contributed by atoms with E-state index in [1.165, 1.54) is 0 Å². The van der Waals surface area contributed by atoms with Crippen LogP contribution in [-0.4, -0.2) is 20.0 Å². The molecular formula is C23H18O4. The highest BCUT2D eigenvalue weighted by Gasteiger charge is 2.31. The number of hydrogen-bond donors (Lipinski definition) is 0. The first-order valence-electron chi connectivity index (χ1n) is 8.56. The lowest BCUT2D eigenvalue weighted by Gasteiger charge is -2.13. The summed E-state index contributed by atoms with van der Waals surface area (Å²) in [5.41, 5.74) is 3.06. The Kier molecular flexibility index (Phi) is 4.38. The van der Waals surface area contributed by atoms with Gasteiger partial charge in [-0.3, -0.25) is 4.79 Å². The maximum Gasteiger partial charge on any atom is 0.232 e. The van der Waals surface area contributed by atoms with Crippen LogP contribution < -0.4 is 14.2 Å². The largest absolute Gasteiger partial charge is 0.497 e. The van der Waals surface area contributed by atoms with Gasteiger partial charge in [0.1, 0.15) is 17.2 Å². The number of fused-ring (bicyclic) bond motifs is 1. The maximum atomic E-state index is 13.0. The highest BCUT2D eigenvalue weighted by atomic mass is 16.5. The molecule has 0 bridgehead atoms. The molecule has 3 aromatic carbocycles. The van der Waals surface area contributed by atoms with Crippen molar-refractivity contribution in [1.29, 1.82) is 0 Å². The third-order valence-electron chi connectivity index (χ3n) is 4.53. The number of methoxy groups -OCH3 is 2. The second-order valence-corrected chi connectivity index (χ2v) is 6.09. The van der Waals surface area contributed by atoms with Crippen LogP contribution in [-0.2, 0) is 0 Å². The van der Waals surface area contributed by atoms with E-state index in [2.05, 4.69) is 0 Å². The van der Waals surface area contributed by atoms with Gasteiger partial charge in [-0.15, -0.1) is 0 Å².